The third kappa shape index (κ3) is 2.88. The second-order valence-electron chi connectivity index (χ2n) is 3.91. The summed E-state index contributed by atoms with van der Waals surface area (Å²) in [5, 5.41) is 0. The van der Waals surface area contributed by atoms with E-state index in [0.29, 0.717) is 5.70 Å². The highest BCUT2D eigenvalue weighted by Crippen LogP contribution is 2.28. The highest BCUT2D eigenvalue weighted by Gasteiger charge is 2.19. The van der Waals surface area contributed by atoms with E-state index in [-0.39, 0.29) is 6.54 Å². The molecule has 0 radical (unpaired) electrons. The van der Waals surface area contributed by atoms with Crippen LogP contribution in [0.1, 0.15) is 5.56 Å². The fourth-order valence-electron chi connectivity index (χ4n) is 1.81. The lowest BCUT2D eigenvalue weighted by atomic mass is 10.1. The molecule has 18 heavy (non-hydrogen) atoms. The van der Waals surface area contributed by atoms with Gasteiger partial charge in [-0.2, -0.15) is 0 Å². The summed E-state index contributed by atoms with van der Waals surface area (Å²) in [5.74, 6) is 0. The molecule has 1 aliphatic heterocycles. The van der Waals surface area contributed by atoms with Crippen LogP contribution in [0.3, 0.4) is 0 Å². The van der Waals surface area contributed by atoms with Crippen LogP contribution in [-0.4, -0.2) is 17.9 Å². The molecule has 1 nitrogen and oxygen atoms in total. The number of hydrogen-bond acceptors (Lipinski definition) is 1. The highest BCUT2D eigenvalue weighted by molar-refractivity contribution is 9.10. The van der Waals surface area contributed by atoms with E-state index < -0.39 is 6.43 Å². The molecule has 0 saturated heterocycles. The molecule has 0 fully saturated rings. The van der Waals surface area contributed by atoms with E-state index in [1.165, 1.54) is 4.90 Å². The Balaban J connectivity index is 2.33. The molecule has 94 valence electrons. The highest BCUT2D eigenvalue weighted by atomic mass is 79.9. The number of allylic oxidation sites excluding steroid dienone is 3. The van der Waals surface area contributed by atoms with E-state index in [1.54, 1.807) is 6.08 Å². The summed E-state index contributed by atoms with van der Waals surface area (Å²) in [4.78, 5) is 1.54. The summed E-state index contributed by atoms with van der Waals surface area (Å²) < 4.78 is 26.2. The molecule has 2 rings (SSSR count). The monoisotopic (exact) mass is 311 g/mol. The number of benzene rings is 1. The number of hydrogen-bond donors (Lipinski definition) is 0. The van der Waals surface area contributed by atoms with Crippen LogP contribution in [0.2, 0.25) is 0 Å². The van der Waals surface area contributed by atoms with Crippen molar-refractivity contribution in [2.75, 3.05) is 6.54 Å². The minimum absolute atomic E-state index is 0.342. The van der Waals surface area contributed by atoms with Gasteiger partial charge < -0.3 is 4.90 Å². The van der Waals surface area contributed by atoms with Crippen LogP contribution < -0.4 is 0 Å². The van der Waals surface area contributed by atoms with Gasteiger partial charge >= 0.3 is 0 Å². The largest absolute Gasteiger partial charge is 0.336 e. The Labute approximate surface area is 113 Å². The van der Waals surface area contributed by atoms with Gasteiger partial charge in [0, 0.05) is 15.9 Å². The SMILES string of the molecule is C=C1C=CC=C(c2ccc(Br)cc2)N1CC(F)F. The van der Waals surface area contributed by atoms with Crippen LogP contribution in [0, 0.1) is 0 Å². The average molecular weight is 312 g/mol. The zero-order valence-corrected chi connectivity index (χ0v) is 11.2. The number of nitrogens with zero attached hydrogens (tertiary/aromatic N) is 1. The van der Waals surface area contributed by atoms with Gasteiger partial charge in [-0.3, -0.25) is 0 Å². The summed E-state index contributed by atoms with van der Waals surface area (Å²) in [6, 6.07) is 7.55. The Morgan fingerprint density at radius 1 is 1.22 bits per heavy atom. The maximum Gasteiger partial charge on any atom is 0.256 e. The van der Waals surface area contributed by atoms with Gasteiger partial charge in [0.1, 0.15) is 0 Å². The van der Waals surface area contributed by atoms with Crippen LogP contribution in [0.4, 0.5) is 8.78 Å². The van der Waals surface area contributed by atoms with Crippen molar-refractivity contribution in [1.82, 2.24) is 4.90 Å². The topological polar surface area (TPSA) is 3.24 Å². The average Bonchev–Trinajstić information content (AvgIpc) is 2.32. The second-order valence-corrected chi connectivity index (χ2v) is 4.83. The number of rotatable bonds is 3. The number of alkyl halides is 2. The van der Waals surface area contributed by atoms with E-state index in [2.05, 4.69) is 22.5 Å². The predicted molar refractivity (Wildman–Crippen MR) is 73.1 cm³/mol. The van der Waals surface area contributed by atoms with Gasteiger partial charge in [0.05, 0.1) is 6.54 Å². The molecule has 1 aromatic carbocycles. The zero-order chi connectivity index (χ0) is 13.1. The molecule has 4 heteroatoms. The molecular formula is C14H12BrF2N. The molecule has 0 bridgehead atoms. The van der Waals surface area contributed by atoms with Crippen LogP contribution >= 0.6 is 15.9 Å². The standard InChI is InChI=1S/C14H12BrF2N/c1-10-3-2-4-13(18(10)9-14(16)17)11-5-7-12(15)8-6-11/h2-8,14H,1,9H2. The Kier molecular flexibility index (Phi) is 3.97. The normalized spacial score (nSPS) is 15.2. The first-order chi connectivity index (χ1) is 8.58. The van der Waals surface area contributed by atoms with E-state index in [9.17, 15) is 8.78 Å². The first-order valence-electron chi connectivity index (χ1n) is 5.47. The molecule has 1 aliphatic rings. The lowest BCUT2D eigenvalue weighted by Crippen LogP contribution is -2.27. The van der Waals surface area contributed by atoms with E-state index in [4.69, 9.17) is 0 Å². The molecular weight excluding hydrogens is 300 g/mol. The van der Waals surface area contributed by atoms with Crippen molar-refractivity contribution in [2.24, 2.45) is 0 Å². The second kappa shape index (κ2) is 5.48. The third-order valence-electron chi connectivity index (χ3n) is 2.64. The Morgan fingerprint density at radius 3 is 2.50 bits per heavy atom. The smallest absolute Gasteiger partial charge is 0.256 e. The fourth-order valence-corrected chi connectivity index (χ4v) is 2.08. The summed E-state index contributed by atoms with van der Waals surface area (Å²) >= 11 is 3.35. The van der Waals surface area contributed by atoms with Crippen LogP contribution in [0.25, 0.3) is 5.70 Å². The van der Waals surface area contributed by atoms with Crippen LogP contribution in [0.15, 0.2) is 59.2 Å². The molecule has 1 heterocycles. The van der Waals surface area contributed by atoms with E-state index in [0.717, 1.165) is 15.7 Å². The molecule has 0 saturated carbocycles. The van der Waals surface area contributed by atoms with Gasteiger partial charge in [0.25, 0.3) is 6.43 Å². The zero-order valence-electron chi connectivity index (χ0n) is 9.61. The van der Waals surface area contributed by atoms with E-state index in [1.807, 2.05) is 36.4 Å². The Morgan fingerprint density at radius 2 is 1.89 bits per heavy atom. The number of halogens is 3. The van der Waals surface area contributed by atoms with Gasteiger partial charge in [-0.05, 0) is 29.8 Å². The van der Waals surface area contributed by atoms with Crippen molar-refractivity contribution in [3.05, 3.63) is 64.8 Å². The molecule has 0 aromatic heterocycles. The quantitative estimate of drug-likeness (QED) is 0.797. The van der Waals surface area contributed by atoms with Crippen molar-refractivity contribution in [3.63, 3.8) is 0 Å². The Hall–Kier alpha value is -1.42. The molecule has 0 aliphatic carbocycles. The van der Waals surface area contributed by atoms with Crippen molar-refractivity contribution < 1.29 is 8.78 Å². The summed E-state index contributed by atoms with van der Waals surface area (Å²) in [6.07, 6.45) is 2.97. The van der Waals surface area contributed by atoms with Crippen molar-refractivity contribution in [3.8, 4) is 0 Å². The lowest BCUT2D eigenvalue weighted by molar-refractivity contribution is 0.123. The molecule has 0 atom stereocenters. The predicted octanol–water partition coefficient (Wildman–Crippen LogP) is 4.44. The lowest BCUT2D eigenvalue weighted by Gasteiger charge is -2.29. The van der Waals surface area contributed by atoms with Crippen molar-refractivity contribution in [1.29, 1.82) is 0 Å². The minimum Gasteiger partial charge on any atom is -0.336 e. The Bertz CT molecular complexity index is 503. The minimum atomic E-state index is -2.40. The van der Waals surface area contributed by atoms with Gasteiger partial charge in [0.2, 0.25) is 0 Å². The van der Waals surface area contributed by atoms with Gasteiger partial charge in [-0.25, -0.2) is 8.78 Å². The summed E-state index contributed by atoms with van der Waals surface area (Å²) in [7, 11) is 0. The van der Waals surface area contributed by atoms with Crippen LogP contribution in [0.5, 0.6) is 0 Å². The first-order valence-corrected chi connectivity index (χ1v) is 6.26. The molecule has 0 amide bonds. The first kappa shape index (κ1) is 13.0. The van der Waals surface area contributed by atoms with Gasteiger partial charge in [-0.1, -0.05) is 40.7 Å². The maximum atomic E-state index is 12.6. The van der Waals surface area contributed by atoms with Crippen molar-refractivity contribution >= 4 is 21.6 Å². The summed E-state index contributed by atoms with van der Waals surface area (Å²) in [5.41, 5.74) is 2.22. The maximum absolute atomic E-state index is 12.6. The van der Waals surface area contributed by atoms with Gasteiger partial charge in [0.15, 0.2) is 0 Å². The molecule has 0 N–H and O–H groups in total. The van der Waals surface area contributed by atoms with Gasteiger partial charge in [-0.15, -0.1) is 0 Å². The fraction of sp³-hybridized carbons (Fsp3) is 0.143. The molecule has 0 unspecified atom stereocenters. The summed E-state index contributed by atoms with van der Waals surface area (Å²) in [6.45, 7) is 3.46. The van der Waals surface area contributed by atoms with E-state index >= 15 is 0 Å². The van der Waals surface area contributed by atoms with Crippen molar-refractivity contribution in [2.45, 2.75) is 6.43 Å². The van der Waals surface area contributed by atoms with Crippen LogP contribution in [-0.2, 0) is 0 Å². The third-order valence-corrected chi connectivity index (χ3v) is 3.17. The molecule has 0 spiro atoms. The molecule has 1 aromatic rings.